The van der Waals surface area contributed by atoms with Gasteiger partial charge in [0, 0.05) is 33.7 Å². The van der Waals surface area contributed by atoms with Crippen LogP contribution < -0.4 is 5.56 Å². The maximum atomic E-state index is 12.7. The van der Waals surface area contributed by atoms with Crippen molar-refractivity contribution in [2.24, 2.45) is 5.92 Å². The highest BCUT2D eigenvalue weighted by Gasteiger charge is 2.35. The van der Waals surface area contributed by atoms with Crippen LogP contribution in [-0.4, -0.2) is 65.4 Å². The third-order valence-electron chi connectivity index (χ3n) is 4.55. The average Bonchev–Trinajstić information content (AvgIpc) is 3.00. The summed E-state index contributed by atoms with van der Waals surface area (Å²) in [6.07, 6.45) is 0.203. The zero-order valence-corrected chi connectivity index (χ0v) is 14.9. The summed E-state index contributed by atoms with van der Waals surface area (Å²) in [5, 5.41) is 0.514. The summed E-state index contributed by atoms with van der Waals surface area (Å²) in [5.41, 5.74) is 0.363. The highest BCUT2D eigenvalue weighted by atomic mass is 16.5. The van der Waals surface area contributed by atoms with Gasteiger partial charge in [-0.25, -0.2) is 4.98 Å². The molecule has 1 unspecified atom stereocenters. The summed E-state index contributed by atoms with van der Waals surface area (Å²) in [7, 11) is 3.23. The first-order valence-electron chi connectivity index (χ1n) is 8.49. The van der Waals surface area contributed by atoms with E-state index < -0.39 is 0 Å². The third kappa shape index (κ3) is 3.75. The quantitative estimate of drug-likeness (QED) is 0.805. The van der Waals surface area contributed by atoms with Gasteiger partial charge in [0.15, 0.2) is 0 Å². The Morgan fingerprint density at radius 1 is 1.38 bits per heavy atom. The molecule has 138 valence electrons. The number of H-pyrrole nitrogens is 1. The van der Waals surface area contributed by atoms with E-state index in [9.17, 15) is 14.4 Å². The van der Waals surface area contributed by atoms with Gasteiger partial charge < -0.3 is 19.5 Å². The highest BCUT2D eigenvalue weighted by molar-refractivity contribution is 5.89. The van der Waals surface area contributed by atoms with Gasteiger partial charge in [-0.05, 0) is 12.1 Å². The van der Waals surface area contributed by atoms with Crippen molar-refractivity contribution < 1.29 is 14.3 Å². The number of para-hydroxylation sites is 1. The molecule has 2 amide bonds. The fraction of sp³-hybridized carbons (Fsp3) is 0.444. The van der Waals surface area contributed by atoms with Crippen LogP contribution in [0, 0.1) is 5.92 Å². The number of nitrogens with zero attached hydrogens (tertiary/aromatic N) is 3. The smallest absolute Gasteiger partial charge is 0.258 e. The number of hydrogen-bond acceptors (Lipinski definition) is 5. The predicted octanol–water partition coefficient (Wildman–Crippen LogP) is 0.376. The van der Waals surface area contributed by atoms with Gasteiger partial charge in [0.05, 0.1) is 30.0 Å². The molecule has 1 aromatic carbocycles. The van der Waals surface area contributed by atoms with Crippen LogP contribution in [0.4, 0.5) is 0 Å². The molecule has 1 aliphatic rings. The number of methoxy groups -OCH3 is 1. The molecule has 0 aliphatic carbocycles. The number of likely N-dealkylation sites (tertiary alicyclic amines) is 1. The average molecular weight is 358 g/mol. The first-order chi connectivity index (χ1) is 12.5. The molecule has 0 radical (unpaired) electrons. The number of carbonyl (C=O) groups excluding carboxylic acids is 2. The van der Waals surface area contributed by atoms with Crippen molar-refractivity contribution in [2.45, 2.75) is 13.0 Å². The van der Waals surface area contributed by atoms with Gasteiger partial charge in [-0.3, -0.25) is 14.4 Å². The van der Waals surface area contributed by atoms with Crippen LogP contribution in [0.3, 0.4) is 0 Å². The molecule has 0 saturated carbocycles. The lowest BCUT2D eigenvalue weighted by Crippen LogP contribution is -2.35. The fourth-order valence-electron chi connectivity index (χ4n) is 3.18. The summed E-state index contributed by atoms with van der Waals surface area (Å²) in [5.74, 6) is -0.123. The standard InChI is InChI=1S/C18H22N4O4/c1-21(18(25)12-9-16(23)22(10-12)7-8-26-2)11-15-19-14-6-4-3-5-13(14)17(24)20-15/h3-6,12H,7-11H2,1-2H3,(H,19,20,24). The minimum Gasteiger partial charge on any atom is -0.383 e. The number of aromatic amines is 1. The number of carbonyl (C=O) groups is 2. The Morgan fingerprint density at radius 2 is 2.15 bits per heavy atom. The summed E-state index contributed by atoms with van der Waals surface area (Å²) in [6.45, 7) is 1.52. The summed E-state index contributed by atoms with van der Waals surface area (Å²) in [6, 6.07) is 7.06. The van der Waals surface area contributed by atoms with Gasteiger partial charge in [-0.2, -0.15) is 0 Å². The lowest BCUT2D eigenvalue weighted by Gasteiger charge is -2.21. The Kier molecular flexibility index (Phi) is 5.32. The molecule has 8 heteroatoms. The van der Waals surface area contributed by atoms with Crippen LogP contribution in [0.5, 0.6) is 0 Å². The lowest BCUT2D eigenvalue weighted by molar-refractivity contribution is -0.135. The van der Waals surface area contributed by atoms with E-state index in [0.717, 1.165) is 0 Å². The first-order valence-corrected chi connectivity index (χ1v) is 8.49. The van der Waals surface area contributed by atoms with E-state index in [2.05, 4.69) is 9.97 Å². The van der Waals surface area contributed by atoms with Crippen LogP contribution >= 0.6 is 0 Å². The molecule has 0 bridgehead atoms. The van der Waals surface area contributed by atoms with Crippen molar-refractivity contribution in [3.63, 3.8) is 0 Å². The minimum absolute atomic E-state index is 0.0361. The largest absolute Gasteiger partial charge is 0.383 e. The van der Waals surface area contributed by atoms with Crippen molar-refractivity contribution in [2.75, 3.05) is 33.9 Å². The van der Waals surface area contributed by atoms with E-state index in [1.165, 1.54) is 4.90 Å². The van der Waals surface area contributed by atoms with E-state index >= 15 is 0 Å². The topological polar surface area (TPSA) is 95.6 Å². The zero-order valence-electron chi connectivity index (χ0n) is 14.9. The van der Waals surface area contributed by atoms with Crippen molar-refractivity contribution in [1.29, 1.82) is 0 Å². The Hall–Kier alpha value is -2.74. The number of rotatable bonds is 6. The summed E-state index contributed by atoms with van der Waals surface area (Å²) >= 11 is 0. The van der Waals surface area contributed by atoms with Crippen LogP contribution in [-0.2, 0) is 20.9 Å². The zero-order chi connectivity index (χ0) is 18.7. The molecule has 26 heavy (non-hydrogen) atoms. The molecule has 1 atom stereocenters. The van der Waals surface area contributed by atoms with Crippen LogP contribution in [0.2, 0.25) is 0 Å². The molecule has 8 nitrogen and oxygen atoms in total. The molecule has 2 aromatic rings. The van der Waals surface area contributed by atoms with Crippen molar-refractivity contribution in [3.8, 4) is 0 Å². The third-order valence-corrected chi connectivity index (χ3v) is 4.55. The highest BCUT2D eigenvalue weighted by Crippen LogP contribution is 2.20. The molecule has 1 aliphatic heterocycles. The molecule has 1 aromatic heterocycles. The van der Waals surface area contributed by atoms with Crippen molar-refractivity contribution in [1.82, 2.24) is 19.8 Å². The molecule has 2 heterocycles. The van der Waals surface area contributed by atoms with Gasteiger partial charge in [0.1, 0.15) is 5.82 Å². The summed E-state index contributed by atoms with van der Waals surface area (Å²) in [4.78, 5) is 47.1. The maximum Gasteiger partial charge on any atom is 0.258 e. The number of hydrogen-bond donors (Lipinski definition) is 1. The van der Waals surface area contributed by atoms with Crippen LogP contribution in [0.15, 0.2) is 29.1 Å². The van der Waals surface area contributed by atoms with Gasteiger partial charge in [0.25, 0.3) is 5.56 Å². The number of fused-ring (bicyclic) bond motifs is 1. The van der Waals surface area contributed by atoms with E-state index in [4.69, 9.17) is 4.74 Å². The second-order valence-corrected chi connectivity index (χ2v) is 6.46. The maximum absolute atomic E-state index is 12.7. The second-order valence-electron chi connectivity index (χ2n) is 6.46. The van der Waals surface area contributed by atoms with Crippen molar-refractivity contribution in [3.05, 3.63) is 40.4 Å². The van der Waals surface area contributed by atoms with E-state index in [1.54, 1.807) is 37.3 Å². The monoisotopic (exact) mass is 358 g/mol. The predicted molar refractivity (Wildman–Crippen MR) is 95.4 cm³/mol. The normalized spacial score (nSPS) is 17.1. The minimum atomic E-state index is -0.378. The van der Waals surface area contributed by atoms with Gasteiger partial charge in [-0.15, -0.1) is 0 Å². The number of benzene rings is 1. The lowest BCUT2D eigenvalue weighted by atomic mass is 10.1. The van der Waals surface area contributed by atoms with Crippen LogP contribution in [0.1, 0.15) is 12.2 Å². The number of nitrogens with one attached hydrogen (secondary N) is 1. The van der Waals surface area contributed by atoms with E-state index in [1.807, 2.05) is 6.07 Å². The molecule has 1 fully saturated rings. The molecule has 3 rings (SSSR count). The molecule has 1 saturated heterocycles. The number of amides is 2. The van der Waals surface area contributed by atoms with E-state index in [-0.39, 0.29) is 36.3 Å². The van der Waals surface area contributed by atoms with Crippen molar-refractivity contribution >= 4 is 22.7 Å². The second kappa shape index (κ2) is 7.65. The van der Waals surface area contributed by atoms with Crippen LogP contribution in [0.25, 0.3) is 10.9 Å². The Morgan fingerprint density at radius 3 is 2.92 bits per heavy atom. The van der Waals surface area contributed by atoms with Gasteiger partial charge in [0.2, 0.25) is 11.8 Å². The van der Waals surface area contributed by atoms with Gasteiger partial charge in [-0.1, -0.05) is 12.1 Å². The molecule has 1 N–H and O–H groups in total. The first kappa shape index (κ1) is 18.1. The Bertz CT molecular complexity index is 879. The Labute approximate surface area is 150 Å². The Balaban J connectivity index is 1.68. The van der Waals surface area contributed by atoms with E-state index in [0.29, 0.717) is 36.4 Å². The number of ether oxygens (including phenoxy) is 1. The molecule has 0 spiro atoms. The number of aromatic nitrogens is 2. The fourth-order valence-corrected chi connectivity index (χ4v) is 3.18. The van der Waals surface area contributed by atoms with Gasteiger partial charge >= 0.3 is 0 Å². The molecular formula is C18H22N4O4. The molecular weight excluding hydrogens is 336 g/mol. The SMILES string of the molecule is COCCN1CC(C(=O)N(C)Cc2nc3ccccc3c(=O)[nH]2)CC1=O. The summed E-state index contributed by atoms with van der Waals surface area (Å²) < 4.78 is 4.99.